The molecule has 1 amide bonds. The number of aromatic nitrogens is 2. The maximum atomic E-state index is 13.6. The number of likely N-dealkylation sites (tertiary alicyclic amines) is 1. The van der Waals surface area contributed by atoms with Crippen molar-refractivity contribution in [3.8, 4) is 0 Å². The maximum absolute atomic E-state index is 13.6. The van der Waals surface area contributed by atoms with Gasteiger partial charge in [-0.25, -0.2) is 8.78 Å². The zero-order valence-corrected chi connectivity index (χ0v) is 22.8. The van der Waals surface area contributed by atoms with Crippen LogP contribution in [0.3, 0.4) is 0 Å². The van der Waals surface area contributed by atoms with E-state index in [1.165, 1.54) is 0 Å². The average Bonchev–Trinajstić information content (AvgIpc) is 3.30. The van der Waals surface area contributed by atoms with Crippen LogP contribution in [-0.4, -0.2) is 90.1 Å². The summed E-state index contributed by atoms with van der Waals surface area (Å²) >= 11 is 12.7. The van der Waals surface area contributed by atoms with E-state index in [9.17, 15) is 13.6 Å². The van der Waals surface area contributed by atoms with Gasteiger partial charge in [-0.1, -0.05) is 23.2 Å². The molecule has 3 aliphatic heterocycles. The summed E-state index contributed by atoms with van der Waals surface area (Å²) in [5.74, 6) is -2.69. The first-order valence-electron chi connectivity index (χ1n) is 12.9. The molecule has 2 atom stereocenters. The summed E-state index contributed by atoms with van der Waals surface area (Å²) in [6.45, 7) is 4.20. The number of rotatable bonds is 6. The molecule has 13 heteroatoms. The zero-order valence-electron chi connectivity index (χ0n) is 21.3. The summed E-state index contributed by atoms with van der Waals surface area (Å²) in [6.07, 6.45) is 3.30. The Kier molecular flexibility index (Phi) is 7.03. The smallest absolute Gasteiger partial charge is 0.295 e. The number of benzene rings is 1. The Morgan fingerprint density at radius 1 is 1.23 bits per heavy atom. The number of carbonyl (C=O) groups is 1. The molecule has 39 heavy (non-hydrogen) atoms. The van der Waals surface area contributed by atoms with Gasteiger partial charge in [0.2, 0.25) is 0 Å². The predicted octanol–water partition coefficient (Wildman–Crippen LogP) is 4.24. The summed E-state index contributed by atoms with van der Waals surface area (Å²) < 4.78 is 38.0. The van der Waals surface area contributed by atoms with Crippen LogP contribution >= 0.6 is 23.2 Å². The van der Waals surface area contributed by atoms with Crippen LogP contribution in [0, 0.1) is 0 Å². The van der Waals surface area contributed by atoms with Gasteiger partial charge in [-0.05, 0) is 36.6 Å². The van der Waals surface area contributed by atoms with E-state index in [0.29, 0.717) is 78.6 Å². The highest BCUT2D eigenvalue weighted by molar-refractivity contribution is 6.35. The van der Waals surface area contributed by atoms with E-state index in [-0.39, 0.29) is 25.0 Å². The lowest BCUT2D eigenvalue weighted by Gasteiger charge is -2.40. The molecule has 0 saturated carbocycles. The van der Waals surface area contributed by atoms with Gasteiger partial charge in [0, 0.05) is 36.2 Å². The second-order valence-electron chi connectivity index (χ2n) is 10.2. The van der Waals surface area contributed by atoms with Gasteiger partial charge in [-0.2, -0.15) is 4.98 Å². The lowest BCUT2D eigenvalue weighted by atomic mass is 9.93. The normalized spacial score (nSPS) is 23.0. The number of fused-ring (bicyclic) bond motifs is 2. The minimum absolute atomic E-state index is 0.0968. The fourth-order valence-electron chi connectivity index (χ4n) is 5.63. The van der Waals surface area contributed by atoms with Crippen LogP contribution < -0.4 is 10.2 Å². The number of pyridine rings is 1. The number of hydrogen-bond acceptors (Lipinski definition) is 8. The standard InChI is InChI=1S/C26H28Cl2F2N6O3/c1-15-22-16(8-17(27)9-18(22)28)2-4-36(15)24(37)21-12-35(6-7-38-21)20-11-31-10-19-23(20)39-25(33-19)32-3-5-34-13-26(29,30)14-34/h8-11,15,21H,2-7,12-14H2,1H3,(H,32,33)/t15-,21+/m0/s1. The molecule has 208 valence electrons. The highest BCUT2D eigenvalue weighted by atomic mass is 35.5. The monoisotopic (exact) mass is 580 g/mol. The van der Waals surface area contributed by atoms with Gasteiger partial charge >= 0.3 is 0 Å². The third-order valence-corrected chi connectivity index (χ3v) is 8.08. The van der Waals surface area contributed by atoms with Crippen LogP contribution in [0.5, 0.6) is 0 Å². The van der Waals surface area contributed by atoms with Crippen molar-refractivity contribution in [2.24, 2.45) is 0 Å². The first-order valence-corrected chi connectivity index (χ1v) is 13.7. The van der Waals surface area contributed by atoms with Crippen molar-refractivity contribution < 1.29 is 22.7 Å². The molecular formula is C26H28Cl2F2N6O3. The molecule has 0 aliphatic carbocycles. The first-order chi connectivity index (χ1) is 18.7. The van der Waals surface area contributed by atoms with Crippen molar-refractivity contribution in [2.75, 3.05) is 62.6 Å². The summed E-state index contributed by atoms with van der Waals surface area (Å²) in [7, 11) is 0. The largest absolute Gasteiger partial charge is 0.421 e. The topological polar surface area (TPSA) is 87.0 Å². The summed E-state index contributed by atoms with van der Waals surface area (Å²) in [5.41, 5.74) is 3.80. The highest BCUT2D eigenvalue weighted by Crippen LogP contribution is 2.38. The fourth-order valence-corrected chi connectivity index (χ4v) is 6.33. The van der Waals surface area contributed by atoms with Crippen LogP contribution in [0.4, 0.5) is 20.5 Å². The Hall–Kier alpha value is -2.73. The number of alkyl halides is 2. The summed E-state index contributed by atoms with van der Waals surface area (Å²) in [6, 6.07) is 3.71. The molecule has 2 fully saturated rings. The molecule has 0 bridgehead atoms. The molecule has 3 aliphatic rings. The predicted molar refractivity (Wildman–Crippen MR) is 144 cm³/mol. The van der Waals surface area contributed by atoms with Gasteiger partial charge in [0.15, 0.2) is 11.7 Å². The SMILES string of the molecule is C[C@H]1c2c(Cl)cc(Cl)cc2CCN1C(=O)[C@H]1CN(c2cncc3nc(NCCN4CC(F)(F)C4)oc23)CCO1. The van der Waals surface area contributed by atoms with Crippen molar-refractivity contribution >= 4 is 51.9 Å². The van der Waals surface area contributed by atoms with Crippen LogP contribution in [0.25, 0.3) is 11.1 Å². The molecule has 2 aromatic heterocycles. The fraction of sp³-hybridized carbons (Fsp3) is 0.500. The van der Waals surface area contributed by atoms with Crippen molar-refractivity contribution in [1.82, 2.24) is 19.8 Å². The molecule has 0 unspecified atom stereocenters. The molecule has 3 aromatic rings. The van der Waals surface area contributed by atoms with E-state index in [0.717, 1.165) is 11.1 Å². The van der Waals surface area contributed by atoms with Crippen molar-refractivity contribution in [3.63, 3.8) is 0 Å². The molecule has 6 rings (SSSR count). The number of halogens is 4. The zero-order chi connectivity index (χ0) is 27.3. The molecule has 0 spiro atoms. The Morgan fingerprint density at radius 3 is 2.85 bits per heavy atom. The van der Waals surface area contributed by atoms with Gasteiger partial charge in [-0.3, -0.25) is 14.7 Å². The van der Waals surface area contributed by atoms with Crippen molar-refractivity contribution in [2.45, 2.75) is 31.4 Å². The number of ether oxygens (including phenoxy) is 1. The molecule has 1 aromatic carbocycles. The van der Waals surface area contributed by atoms with E-state index in [2.05, 4.69) is 15.3 Å². The van der Waals surface area contributed by atoms with Gasteiger partial charge in [0.25, 0.3) is 17.8 Å². The molecule has 1 N–H and O–H groups in total. The second kappa shape index (κ2) is 10.3. The maximum Gasteiger partial charge on any atom is 0.295 e. The van der Waals surface area contributed by atoms with Crippen LogP contribution in [0.2, 0.25) is 10.0 Å². The van der Waals surface area contributed by atoms with Crippen LogP contribution in [-0.2, 0) is 16.0 Å². The molecule has 9 nitrogen and oxygen atoms in total. The van der Waals surface area contributed by atoms with Crippen molar-refractivity contribution in [1.29, 1.82) is 0 Å². The second-order valence-corrected chi connectivity index (χ2v) is 11.1. The number of hydrogen-bond donors (Lipinski definition) is 1. The van der Waals surface area contributed by atoms with E-state index in [1.54, 1.807) is 23.4 Å². The van der Waals surface area contributed by atoms with E-state index >= 15 is 0 Å². The van der Waals surface area contributed by atoms with Gasteiger partial charge in [-0.15, -0.1) is 0 Å². The minimum atomic E-state index is -2.59. The Bertz CT molecular complexity index is 1400. The lowest BCUT2D eigenvalue weighted by Crippen LogP contribution is -2.57. The van der Waals surface area contributed by atoms with Crippen LogP contribution in [0.1, 0.15) is 24.1 Å². The third kappa shape index (κ3) is 5.25. The first kappa shape index (κ1) is 26.5. The molecule has 2 saturated heterocycles. The number of nitrogens with one attached hydrogen (secondary N) is 1. The van der Waals surface area contributed by atoms with Gasteiger partial charge in [0.05, 0.1) is 44.7 Å². The number of nitrogens with zero attached hydrogens (tertiary/aromatic N) is 5. The number of anilines is 2. The Balaban J connectivity index is 1.14. The highest BCUT2D eigenvalue weighted by Gasteiger charge is 2.43. The minimum Gasteiger partial charge on any atom is -0.421 e. The molecule has 5 heterocycles. The van der Waals surface area contributed by atoms with Gasteiger partial charge in [0.1, 0.15) is 11.2 Å². The summed E-state index contributed by atoms with van der Waals surface area (Å²) in [5, 5.41) is 4.21. The number of morpholine rings is 1. The van der Waals surface area contributed by atoms with Crippen molar-refractivity contribution in [3.05, 3.63) is 45.7 Å². The lowest BCUT2D eigenvalue weighted by molar-refractivity contribution is -0.147. The molecule has 0 radical (unpaired) electrons. The number of oxazole rings is 1. The summed E-state index contributed by atoms with van der Waals surface area (Å²) in [4.78, 5) is 27.9. The Labute approximate surface area is 234 Å². The van der Waals surface area contributed by atoms with E-state index < -0.39 is 12.0 Å². The van der Waals surface area contributed by atoms with E-state index in [1.807, 2.05) is 22.8 Å². The number of amides is 1. The van der Waals surface area contributed by atoms with E-state index in [4.69, 9.17) is 32.4 Å². The number of carbonyl (C=O) groups excluding carboxylic acids is 1. The molecular weight excluding hydrogens is 553 g/mol. The quantitative estimate of drug-likeness (QED) is 0.463. The van der Waals surface area contributed by atoms with Gasteiger partial charge < -0.3 is 24.3 Å². The van der Waals surface area contributed by atoms with Crippen LogP contribution in [0.15, 0.2) is 28.9 Å². The average molecular weight is 581 g/mol. The Morgan fingerprint density at radius 2 is 2.05 bits per heavy atom. The third-order valence-electron chi connectivity index (χ3n) is 7.55.